The largest absolute Gasteiger partial charge is 0.329 e. The Morgan fingerprint density at radius 2 is 1.92 bits per heavy atom. The van der Waals surface area contributed by atoms with E-state index in [-0.39, 0.29) is 11.9 Å². The third kappa shape index (κ3) is 2.40. The van der Waals surface area contributed by atoms with Gasteiger partial charge in [0.1, 0.15) is 0 Å². The van der Waals surface area contributed by atoms with Crippen molar-refractivity contribution in [3.8, 4) is 0 Å². The molecule has 1 aromatic carbocycles. The zero-order valence-electron chi connectivity index (χ0n) is 13.5. The van der Waals surface area contributed by atoms with Crippen LogP contribution < -0.4 is 15.1 Å². The quantitative estimate of drug-likeness (QED) is 0.924. The Morgan fingerprint density at radius 1 is 1.08 bits per heavy atom. The van der Waals surface area contributed by atoms with Crippen molar-refractivity contribution in [2.75, 3.05) is 28.2 Å². The van der Waals surface area contributed by atoms with Crippen molar-refractivity contribution in [2.24, 2.45) is 0 Å². The highest BCUT2D eigenvalue weighted by Crippen LogP contribution is 2.31. The Labute approximate surface area is 140 Å². The highest BCUT2D eigenvalue weighted by molar-refractivity contribution is 6.06. The number of hydrogen-bond donors (Lipinski definition) is 1. The second kappa shape index (κ2) is 5.63. The highest BCUT2D eigenvalue weighted by atomic mass is 16.2. The number of nitrogens with zero attached hydrogens (tertiary/aromatic N) is 3. The van der Waals surface area contributed by atoms with Crippen LogP contribution in [0.3, 0.4) is 0 Å². The van der Waals surface area contributed by atoms with E-state index < -0.39 is 0 Å². The van der Waals surface area contributed by atoms with Crippen molar-refractivity contribution < 1.29 is 9.59 Å². The molecule has 1 N–H and O–H groups in total. The van der Waals surface area contributed by atoms with Crippen LogP contribution in [-0.2, 0) is 11.2 Å². The topological polar surface area (TPSA) is 65.5 Å². The van der Waals surface area contributed by atoms with Gasteiger partial charge in [-0.2, -0.15) is 0 Å². The molecule has 4 rings (SSSR count). The van der Waals surface area contributed by atoms with Crippen LogP contribution in [0.4, 0.5) is 21.9 Å². The van der Waals surface area contributed by atoms with E-state index in [1.54, 1.807) is 22.2 Å². The Hall–Kier alpha value is -2.89. The zero-order chi connectivity index (χ0) is 16.7. The molecule has 6 nitrogen and oxygen atoms in total. The van der Waals surface area contributed by atoms with Gasteiger partial charge in [-0.05, 0) is 48.7 Å². The van der Waals surface area contributed by atoms with Crippen LogP contribution in [0.1, 0.15) is 17.5 Å². The first-order valence-corrected chi connectivity index (χ1v) is 8.06. The summed E-state index contributed by atoms with van der Waals surface area (Å²) < 4.78 is 0. The van der Waals surface area contributed by atoms with Gasteiger partial charge in [0.25, 0.3) is 0 Å². The van der Waals surface area contributed by atoms with Gasteiger partial charge in [0.2, 0.25) is 5.91 Å². The van der Waals surface area contributed by atoms with E-state index in [9.17, 15) is 9.59 Å². The highest BCUT2D eigenvalue weighted by Gasteiger charge is 2.32. The van der Waals surface area contributed by atoms with Crippen molar-refractivity contribution in [2.45, 2.75) is 19.8 Å². The summed E-state index contributed by atoms with van der Waals surface area (Å²) in [6.45, 7) is 3.26. The van der Waals surface area contributed by atoms with Gasteiger partial charge in [-0.1, -0.05) is 0 Å². The fourth-order valence-corrected chi connectivity index (χ4v) is 3.28. The summed E-state index contributed by atoms with van der Waals surface area (Å²) in [5, 5.41) is 2.87. The molecule has 0 bridgehead atoms. The number of amides is 3. The fraction of sp³-hybridized carbons (Fsp3) is 0.278. The lowest BCUT2D eigenvalue weighted by molar-refractivity contribution is -0.116. The average Bonchev–Trinajstić information content (AvgIpc) is 2.96. The molecule has 1 aromatic heterocycles. The van der Waals surface area contributed by atoms with Gasteiger partial charge in [-0.25, -0.2) is 4.79 Å². The van der Waals surface area contributed by atoms with Crippen molar-refractivity contribution >= 4 is 29.0 Å². The predicted octanol–water partition coefficient (Wildman–Crippen LogP) is 2.72. The number of hydrogen-bond acceptors (Lipinski definition) is 3. The normalized spacial score (nSPS) is 17.0. The average molecular weight is 322 g/mol. The Kier molecular flexibility index (Phi) is 3.45. The molecule has 2 aliphatic rings. The first-order valence-electron chi connectivity index (χ1n) is 8.06. The third-order valence-electron chi connectivity index (χ3n) is 4.61. The number of pyridine rings is 1. The standard InChI is InChI=1S/C18H18N4O2/c1-12-6-7-19-11-16(12)22-9-8-21(18(22)24)14-3-4-15-13(10-14)2-5-17(23)20-15/h3-4,6-7,10-11H,2,5,8-9H2,1H3,(H,20,23). The van der Waals surface area contributed by atoms with E-state index >= 15 is 0 Å². The molecule has 0 aliphatic carbocycles. The van der Waals surface area contributed by atoms with Crippen LogP contribution in [0, 0.1) is 6.92 Å². The van der Waals surface area contributed by atoms with Gasteiger partial charge >= 0.3 is 6.03 Å². The Balaban J connectivity index is 1.61. The number of nitrogens with one attached hydrogen (secondary N) is 1. The molecule has 0 saturated carbocycles. The number of anilines is 3. The van der Waals surface area contributed by atoms with Gasteiger partial charge in [-0.15, -0.1) is 0 Å². The van der Waals surface area contributed by atoms with Gasteiger partial charge in [-0.3, -0.25) is 19.6 Å². The van der Waals surface area contributed by atoms with Crippen molar-refractivity contribution in [3.63, 3.8) is 0 Å². The summed E-state index contributed by atoms with van der Waals surface area (Å²) in [5.74, 6) is 0.0470. The predicted molar refractivity (Wildman–Crippen MR) is 92.5 cm³/mol. The van der Waals surface area contributed by atoms with Gasteiger partial charge in [0.15, 0.2) is 0 Å². The van der Waals surface area contributed by atoms with E-state index in [2.05, 4.69) is 10.3 Å². The molecule has 1 saturated heterocycles. The van der Waals surface area contributed by atoms with Crippen molar-refractivity contribution in [3.05, 3.63) is 47.8 Å². The minimum atomic E-state index is -0.0362. The lowest BCUT2D eigenvalue weighted by Gasteiger charge is -2.22. The first kappa shape index (κ1) is 14.7. The molecule has 0 spiro atoms. The maximum absolute atomic E-state index is 12.8. The SMILES string of the molecule is Cc1ccncc1N1CCN(c2ccc3c(c2)CCC(=O)N3)C1=O. The van der Waals surface area contributed by atoms with Gasteiger partial charge in [0.05, 0.1) is 11.9 Å². The molecule has 0 unspecified atom stereocenters. The Morgan fingerprint density at radius 3 is 2.75 bits per heavy atom. The van der Waals surface area contributed by atoms with E-state index in [1.807, 2.05) is 31.2 Å². The lowest BCUT2D eigenvalue weighted by atomic mass is 10.0. The second-order valence-corrected chi connectivity index (χ2v) is 6.14. The van der Waals surface area contributed by atoms with E-state index in [1.165, 1.54) is 0 Å². The molecule has 0 radical (unpaired) electrons. The van der Waals surface area contributed by atoms with Crippen LogP contribution in [-0.4, -0.2) is 30.0 Å². The molecule has 2 aromatic rings. The fourth-order valence-electron chi connectivity index (χ4n) is 3.28. The minimum Gasteiger partial charge on any atom is -0.326 e. The molecule has 3 heterocycles. The van der Waals surface area contributed by atoms with Crippen LogP contribution in [0.5, 0.6) is 0 Å². The second-order valence-electron chi connectivity index (χ2n) is 6.14. The summed E-state index contributed by atoms with van der Waals surface area (Å²) >= 11 is 0. The number of aryl methyl sites for hydroxylation is 2. The molecule has 6 heteroatoms. The number of urea groups is 1. The van der Waals surface area contributed by atoms with Crippen LogP contribution in [0.25, 0.3) is 0 Å². The molecule has 1 fully saturated rings. The smallest absolute Gasteiger partial charge is 0.326 e. The molecular weight excluding hydrogens is 304 g/mol. The molecule has 3 amide bonds. The zero-order valence-corrected chi connectivity index (χ0v) is 13.5. The van der Waals surface area contributed by atoms with Gasteiger partial charge in [0, 0.05) is 37.1 Å². The maximum atomic E-state index is 12.8. The number of fused-ring (bicyclic) bond motifs is 1. The molecule has 0 atom stereocenters. The summed E-state index contributed by atoms with van der Waals surface area (Å²) in [6, 6.07) is 7.65. The van der Waals surface area contributed by atoms with Crippen LogP contribution >= 0.6 is 0 Å². The third-order valence-corrected chi connectivity index (χ3v) is 4.61. The van der Waals surface area contributed by atoms with E-state index in [4.69, 9.17) is 0 Å². The summed E-state index contributed by atoms with van der Waals surface area (Å²) in [4.78, 5) is 32.0. The summed E-state index contributed by atoms with van der Waals surface area (Å²) in [5.41, 5.74) is 4.69. The Bertz CT molecular complexity index is 834. The number of carbonyl (C=O) groups excluding carboxylic acids is 2. The van der Waals surface area contributed by atoms with Gasteiger partial charge < -0.3 is 5.32 Å². The monoisotopic (exact) mass is 322 g/mol. The number of rotatable bonds is 2. The first-order chi connectivity index (χ1) is 11.6. The minimum absolute atomic E-state index is 0.0362. The summed E-state index contributed by atoms with van der Waals surface area (Å²) in [6.07, 6.45) is 4.67. The number of aromatic nitrogens is 1. The number of carbonyl (C=O) groups is 2. The molecular formula is C18H18N4O2. The summed E-state index contributed by atoms with van der Waals surface area (Å²) in [7, 11) is 0. The van der Waals surface area contributed by atoms with E-state index in [0.29, 0.717) is 25.9 Å². The maximum Gasteiger partial charge on any atom is 0.329 e. The molecule has 2 aliphatic heterocycles. The van der Waals surface area contributed by atoms with Crippen LogP contribution in [0.15, 0.2) is 36.7 Å². The van der Waals surface area contributed by atoms with Crippen LogP contribution in [0.2, 0.25) is 0 Å². The van der Waals surface area contributed by atoms with Crippen molar-refractivity contribution in [1.29, 1.82) is 0 Å². The number of benzene rings is 1. The lowest BCUT2D eigenvalue weighted by Crippen LogP contribution is -2.32. The molecule has 122 valence electrons. The van der Waals surface area contributed by atoms with Crippen molar-refractivity contribution in [1.82, 2.24) is 4.98 Å². The van der Waals surface area contributed by atoms with E-state index in [0.717, 1.165) is 28.2 Å². The molecule has 24 heavy (non-hydrogen) atoms.